The van der Waals surface area contributed by atoms with E-state index in [1.165, 1.54) is 0 Å². The number of Topliss-reactive ketones (excluding diaryl/α,β-unsaturated/α-hetero) is 1. The zero-order chi connectivity index (χ0) is 14.8. The summed E-state index contributed by atoms with van der Waals surface area (Å²) in [6.45, 7) is 7.29. The van der Waals surface area contributed by atoms with Crippen LogP contribution in [0.5, 0.6) is 0 Å². The van der Waals surface area contributed by atoms with Gasteiger partial charge >= 0.3 is 0 Å². The number of hydrogen-bond donors (Lipinski definition) is 0. The summed E-state index contributed by atoms with van der Waals surface area (Å²) >= 11 is 0. The molecule has 0 aliphatic carbocycles. The normalized spacial score (nSPS) is 11.7. The van der Waals surface area contributed by atoms with E-state index in [2.05, 4.69) is 13.2 Å². The van der Waals surface area contributed by atoms with Crippen LogP contribution in [0.25, 0.3) is 21.9 Å². The number of allylic oxidation sites excluding steroid dienone is 4. The Labute approximate surface area is 122 Å². The molecule has 0 radical (unpaired) electrons. The number of benzene rings is 2. The fraction of sp³-hybridized carbons (Fsp3) is 0. The van der Waals surface area contributed by atoms with E-state index >= 15 is 0 Å². The predicted molar refractivity (Wildman–Crippen MR) is 86.5 cm³/mol. The van der Waals surface area contributed by atoms with E-state index in [1.807, 2.05) is 36.4 Å². The highest BCUT2D eigenvalue weighted by Crippen LogP contribution is 2.29. The summed E-state index contributed by atoms with van der Waals surface area (Å²) in [4.78, 5) is 12.4. The molecule has 3 rings (SSSR count). The standard InChI is InChI=1S/C19H14O2/c1-3-7-13(4-2)19(20)14-10-11-18-16(12-14)15-8-5-6-9-17(15)21-18/h3-12H,1-2H2/b13-7+. The van der Waals surface area contributed by atoms with E-state index < -0.39 is 0 Å². The molecule has 1 heterocycles. The maximum atomic E-state index is 12.4. The average molecular weight is 274 g/mol. The fourth-order valence-corrected chi connectivity index (χ4v) is 2.40. The van der Waals surface area contributed by atoms with Crippen LogP contribution in [-0.2, 0) is 0 Å². The third-order valence-electron chi connectivity index (χ3n) is 3.42. The van der Waals surface area contributed by atoms with Crippen LogP contribution in [0.15, 0.2) is 83.8 Å². The van der Waals surface area contributed by atoms with Crippen molar-refractivity contribution in [2.75, 3.05) is 0 Å². The van der Waals surface area contributed by atoms with Crippen molar-refractivity contribution in [3.8, 4) is 0 Å². The lowest BCUT2D eigenvalue weighted by molar-refractivity contribution is 0.103. The first kappa shape index (κ1) is 13.1. The van der Waals surface area contributed by atoms with Gasteiger partial charge in [-0.2, -0.15) is 0 Å². The second-order valence-electron chi connectivity index (χ2n) is 4.70. The van der Waals surface area contributed by atoms with Crippen molar-refractivity contribution in [1.29, 1.82) is 0 Å². The van der Waals surface area contributed by atoms with Gasteiger partial charge < -0.3 is 4.42 Å². The fourth-order valence-electron chi connectivity index (χ4n) is 2.40. The van der Waals surface area contributed by atoms with Gasteiger partial charge in [0.25, 0.3) is 0 Å². The topological polar surface area (TPSA) is 30.2 Å². The van der Waals surface area contributed by atoms with Crippen LogP contribution < -0.4 is 0 Å². The Morgan fingerprint density at radius 3 is 2.52 bits per heavy atom. The zero-order valence-electron chi connectivity index (χ0n) is 11.5. The summed E-state index contributed by atoms with van der Waals surface area (Å²) in [6.07, 6.45) is 4.79. The van der Waals surface area contributed by atoms with E-state index in [4.69, 9.17) is 4.42 Å². The summed E-state index contributed by atoms with van der Waals surface area (Å²) < 4.78 is 5.76. The second-order valence-corrected chi connectivity index (χ2v) is 4.70. The van der Waals surface area contributed by atoms with Crippen molar-refractivity contribution < 1.29 is 9.21 Å². The van der Waals surface area contributed by atoms with Crippen LogP contribution in [0.4, 0.5) is 0 Å². The lowest BCUT2D eigenvalue weighted by Crippen LogP contribution is -2.00. The van der Waals surface area contributed by atoms with Crippen LogP contribution in [0, 0.1) is 0 Å². The lowest BCUT2D eigenvalue weighted by atomic mass is 10.0. The van der Waals surface area contributed by atoms with Gasteiger partial charge in [0.1, 0.15) is 11.2 Å². The van der Waals surface area contributed by atoms with Gasteiger partial charge in [0.05, 0.1) is 0 Å². The van der Waals surface area contributed by atoms with Gasteiger partial charge in [-0.1, -0.05) is 49.6 Å². The SMILES string of the molecule is C=C/C=C(\C=C)C(=O)c1ccc2oc3ccccc3c2c1. The number of rotatable bonds is 4. The number of fused-ring (bicyclic) bond motifs is 3. The Morgan fingerprint density at radius 1 is 1.00 bits per heavy atom. The molecule has 0 atom stereocenters. The molecular weight excluding hydrogens is 260 g/mol. The summed E-state index contributed by atoms with van der Waals surface area (Å²) in [5.41, 5.74) is 2.74. The molecule has 0 aliphatic heterocycles. The molecule has 0 aliphatic rings. The molecule has 0 amide bonds. The number of para-hydroxylation sites is 1. The molecule has 0 unspecified atom stereocenters. The van der Waals surface area contributed by atoms with Gasteiger partial charge in [0, 0.05) is 21.9 Å². The maximum Gasteiger partial charge on any atom is 0.193 e. The van der Waals surface area contributed by atoms with Gasteiger partial charge in [0.15, 0.2) is 5.78 Å². The van der Waals surface area contributed by atoms with Crippen molar-refractivity contribution in [2.24, 2.45) is 0 Å². The van der Waals surface area contributed by atoms with E-state index in [0.717, 1.165) is 21.9 Å². The quantitative estimate of drug-likeness (QED) is 0.378. The highest BCUT2D eigenvalue weighted by Gasteiger charge is 2.12. The Bertz CT molecular complexity index is 894. The molecule has 0 saturated carbocycles. The van der Waals surface area contributed by atoms with Crippen molar-refractivity contribution in [1.82, 2.24) is 0 Å². The average Bonchev–Trinajstić information content (AvgIpc) is 2.89. The summed E-state index contributed by atoms with van der Waals surface area (Å²) in [6, 6.07) is 13.3. The Kier molecular flexibility index (Phi) is 3.28. The van der Waals surface area contributed by atoms with E-state index in [1.54, 1.807) is 24.3 Å². The highest BCUT2D eigenvalue weighted by molar-refractivity contribution is 6.14. The first-order valence-corrected chi connectivity index (χ1v) is 6.65. The molecule has 1 aromatic heterocycles. The van der Waals surface area contributed by atoms with Crippen LogP contribution in [-0.4, -0.2) is 5.78 Å². The molecule has 0 N–H and O–H groups in total. The predicted octanol–water partition coefficient (Wildman–Crippen LogP) is 5.07. The van der Waals surface area contributed by atoms with E-state index in [9.17, 15) is 4.79 Å². The number of furan rings is 1. The van der Waals surface area contributed by atoms with Gasteiger partial charge in [-0.25, -0.2) is 0 Å². The smallest absolute Gasteiger partial charge is 0.193 e. The molecular formula is C19H14O2. The van der Waals surface area contributed by atoms with Crippen LogP contribution in [0.3, 0.4) is 0 Å². The molecule has 0 saturated heterocycles. The molecule has 3 aromatic rings. The molecule has 102 valence electrons. The minimum Gasteiger partial charge on any atom is -0.456 e. The third kappa shape index (κ3) is 2.21. The largest absolute Gasteiger partial charge is 0.456 e. The van der Waals surface area contributed by atoms with E-state index in [0.29, 0.717) is 11.1 Å². The molecule has 2 nitrogen and oxygen atoms in total. The number of carbonyl (C=O) groups excluding carboxylic acids is 1. The lowest BCUT2D eigenvalue weighted by Gasteiger charge is -2.01. The van der Waals surface area contributed by atoms with Crippen LogP contribution in [0.2, 0.25) is 0 Å². The number of ketones is 1. The Morgan fingerprint density at radius 2 is 1.76 bits per heavy atom. The molecule has 0 spiro atoms. The van der Waals surface area contributed by atoms with Crippen LogP contribution in [0.1, 0.15) is 10.4 Å². The molecule has 2 aromatic carbocycles. The third-order valence-corrected chi connectivity index (χ3v) is 3.42. The summed E-state index contributed by atoms with van der Waals surface area (Å²) in [7, 11) is 0. The first-order valence-electron chi connectivity index (χ1n) is 6.65. The molecule has 0 fully saturated rings. The zero-order valence-corrected chi connectivity index (χ0v) is 11.5. The molecule has 0 bridgehead atoms. The van der Waals surface area contributed by atoms with Crippen molar-refractivity contribution >= 4 is 27.7 Å². The summed E-state index contributed by atoms with van der Waals surface area (Å²) in [5.74, 6) is -0.0721. The number of hydrogen-bond acceptors (Lipinski definition) is 2. The second kappa shape index (κ2) is 5.25. The van der Waals surface area contributed by atoms with Gasteiger partial charge in [-0.3, -0.25) is 4.79 Å². The highest BCUT2D eigenvalue weighted by atomic mass is 16.3. The van der Waals surface area contributed by atoms with Gasteiger partial charge in [-0.05, 0) is 24.3 Å². The maximum absolute atomic E-state index is 12.4. The number of carbonyl (C=O) groups is 1. The monoisotopic (exact) mass is 274 g/mol. The molecule has 21 heavy (non-hydrogen) atoms. The van der Waals surface area contributed by atoms with E-state index in [-0.39, 0.29) is 5.78 Å². The Balaban J connectivity index is 2.18. The van der Waals surface area contributed by atoms with Gasteiger partial charge in [0.2, 0.25) is 0 Å². The minimum absolute atomic E-state index is 0.0721. The van der Waals surface area contributed by atoms with Crippen LogP contribution >= 0.6 is 0 Å². The minimum atomic E-state index is -0.0721. The molecule has 2 heteroatoms. The summed E-state index contributed by atoms with van der Waals surface area (Å²) in [5, 5.41) is 1.95. The van der Waals surface area contributed by atoms with Crippen molar-refractivity contribution in [2.45, 2.75) is 0 Å². The first-order chi connectivity index (χ1) is 10.2. The van der Waals surface area contributed by atoms with Gasteiger partial charge in [-0.15, -0.1) is 0 Å². The van der Waals surface area contributed by atoms with Crippen molar-refractivity contribution in [3.05, 3.63) is 85.0 Å². The van der Waals surface area contributed by atoms with Crippen molar-refractivity contribution in [3.63, 3.8) is 0 Å². The Hall–Kier alpha value is -2.87.